The van der Waals surface area contributed by atoms with Gasteiger partial charge in [0.1, 0.15) is 12.1 Å². The number of nitrogens with zero attached hydrogens (tertiary/aromatic N) is 2. The predicted octanol–water partition coefficient (Wildman–Crippen LogP) is 2.12. The van der Waals surface area contributed by atoms with Gasteiger partial charge < -0.3 is 30.9 Å². The molecule has 0 aromatic heterocycles. The van der Waals surface area contributed by atoms with Crippen LogP contribution in [0, 0.1) is 5.92 Å². The number of likely N-dealkylation sites (N-methyl/N-ethyl adjacent to an activating group) is 1. The molecule has 210 valence electrons. The Labute approximate surface area is 225 Å². The van der Waals surface area contributed by atoms with Crippen LogP contribution in [0.25, 0.3) is 0 Å². The lowest BCUT2D eigenvalue weighted by atomic mass is 9.91. The molecule has 3 rings (SSSR count). The number of carbonyl (C=O) groups is 4. The number of piperazine rings is 1. The zero-order valence-corrected chi connectivity index (χ0v) is 22.7. The maximum absolute atomic E-state index is 13.2. The van der Waals surface area contributed by atoms with Gasteiger partial charge in [-0.2, -0.15) is 0 Å². The van der Waals surface area contributed by atoms with E-state index in [-0.39, 0.29) is 30.2 Å². The van der Waals surface area contributed by atoms with Gasteiger partial charge in [-0.05, 0) is 36.9 Å². The molecule has 1 aliphatic carbocycles. The monoisotopic (exact) mass is 529 g/mol. The molecule has 10 heteroatoms. The van der Waals surface area contributed by atoms with E-state index < -0.39 is 18.2 Å². The van der Waals surface area contributed by atoms with Crippen LogP contribution in [0.5, 0.6) is 0 Å². The van der Waals surface area contributed by atoms with Crippen LogP contribution in [0.2, 0.25) is 0 Å². The lowest BCUT2D eigenvalue weighted by molar-refractivity contribution is -0.137. The molecule has 0 unspecified atom stereocenters. The minimum absolute atomic E-state index is 0.00378. The van der Waals surface area contributed by atoms with Gasteiger partial charge in [0.25, 0.3) is 0 Å². The molecular formula is C28H43N5O5. The minimum Gasteiger partial charge on any atom is -0.465 e. The first-order valence-electron chi connectivity index (χ1n) is 13.9. The molecule has 1 aromatic rings. The molecule has 0 spiro atoms. The first kappa shape index (κ1) is 29.4. The molecule has 4 N–H and O–H groups in total. The van der Waals surface area contributed by atoms with Gasteiger partial charge in [-0.1, -0.05) is 56.9 Å². The zero-order valence-electron chi connectivity index (χ0n) is 22.7. The quantitative estimate of drug-likeness (QED) is 0.344. The van der Waals surface area contributed by atoms with Crippen LogP contribution < -0.4 is 16.0 Å². The van der Waals surface area contributed by atoms with Crippen LogP contribution in [0.4, 0.5) is 4.79 Å². The Morgan fingerprint density at radius 2 is 1.53 bits per heavy atom. The number of rotatable bonds is 10. The summed E-state index contributed by atoms with van der Waals surface area (Å²) in [6.07, 6.45) is 5.45. The number of hydrogen-bond acceptors (Lipinski definition) is 5. The highest BCUT2D eigenvalue weighted by Gasteiger charge is 2.30. The number of amides is 4. The normalized spacial score (nSPS) is 18.6. The van der Waals surface area contributed by atoms with Crippen molar-refractivity contribution in [3.05, 3.63) is 35.4 Å². The van der Waals surface area contributed by atoms with Crippen LogP contribution >= 0.6 is 0 Å². The second kappa shape index (κ2) is 14.7. The van der Waals surface area contributed by atoms with Gasteiger partial charge in [-0.3, -0.25) is 14.4 Å². The van der Waals surface area contributed by atoms with Crippen molar-refractivity contribution >= 4 is 23.8 Å². The van der Waals surface area contributed by atoms with E-state index >= 15 is 0 Å². The van der Waals surface area contributed by atoms with E-state index in [0.29, 0.717) is 25.9 Å². The van der Waals surface area contributed by atoms with E-state index in [4.69, 9.17) is 0 Å². The zero-order chi connectivity index (χ0) is 27.5. The highest BCUT2D eigenvalue weighted by molar-refractivity contribution is 5.88. The van der Waals surface area contributed by atoms with Crippen LogP contribution in [0.1, 0.15) is 63.0 Å². The first-order chi connectivity index (χ1) is 18.3. The Kier molecular flexibility index (Phi) is 11.4. The maximum Gasteiger partial charge on any atom is 0.405 e. The van der Waals surface area contributed by atoms with E-state index in [1.807, 2.05) is 36.2 Å². The number of benzene rings is 1. The molecule has 4 amide bonds. The van der Waals surface area contributed by atoms with Crippen LogP contribution in [0.3, 0.4) is 0 Å². The van der Waals surface area contributed by atoms with Gasteiger partial charge in [0.15, 0.2) is 0 Å². The lowest BCUT2D eigenvalue weighted by Crippen LogP contribution is -2.54. The Morgan fingerprint density at radius 1 is 0.921 bits per heavy atom. The molecule has 1 aromatic carbocycles. The summed E-state index contributed by atoms with van der Waals surface area (Å²) in [6, 6.07) is 6.21. The fourth-order valence-corrected chi connectivity index (χ4v) is 5.25. The highest BCUT2D eigenvalue weighted by Crippen LogP contribution is 2.26. The summed E-state index contributed by atoms with van der Waals surface area (Å²) in [5, 5.41) is 17.5. The molecule has 1 heterocycles. The molecule has 0 bridgehead atoms. The molecule has 1 saturated carbocycles. The smallest absolute Gasteiger partial charge is 0.405 e. The molecule has 0 radical (unpaired) electrons. The topological polar surface area (TPSA) is 131 Å². The summed E-state index contributed by atoms with van der Waals surface area (Å²) < 4.78 is 0. The minimum atomic E-state index is -1.19. The fourth-order valence-electron chi connectivity index (χ4n) is 5.25. The molecule has 10 nitrogen and oxygen atoms in total. The summed E-state index contributed by atoms with van der Waals surface area (Å²) in [5.74, 6) is -0.519. The summed E-state index contributed by atoms with van der Waals surface area (Å²) in [7, 11) is 2.03. The van der Waals surface area contributed by atoms with Crippen LogP contribution in [0.15, 0.2) is 24.3 Å². The summed E-state index contributed by atoms with van der Waals surface area (Å²) in [4.78, 5) is 53.6. The van der Waals surface area contributed by atoms with E-state index in [1.54, 1.807) is 6.92 Å². The largest absolute Gasteiger partial charge is 0.465 e. The van der Waals surface area contributed by atoms with Crippen molar-refractivity contribution in [1.29, 1.82) is 0 Å². The van der Waals surface area contributed by atoms with Gasteiger partial charge in [0.2, 0.25) is 17.7 Å². The summed E-state index contributed by atoms with van der Waals surface area (Å²) in [6.45, 7) is 4.95. The van der Waals surface area contributed by atoms with Crippen LogP contribution in [-0.4, -0.2) is 84.0 Å². The van der Waals surface area contributed by atoms with E-state index in [0.717, 1.165) is 62.7 Å². The Hall–Kier alpha value is -3.14. The van der Waals surface area contributed by atoms with Crippen LogP contribution in [-0.2, 0) is 27.3 Å². The van der Waals surface area contributed by atoms with Crippen molar-refractivity contribution in [2.75, 3.05) is 33.2 Å². The standard InChI is InChI=1S/C28H43N5O5/c1-3-24(34)30-23(27(36)33-16-14-32(2)15-17-33)18-20-10-12-21(13-11-20)19-29-26(35)25(31-28(37)38)22-8-6-4-5-7-9-22/h10-13,22-23,25,31H,3-9,14-19H2,1-2H3,(H,29,35)(H,30,34)(H,37,38)/t23-,25+/m1/s1. The third-order valence-corrected chi connectivity index (χ3v) is 7.63. The maximum atomic E-state index is 13.2. The summed E-state index contributed by atoms with van der Waals surface area (Å²) >= 11 is 0. The average molecular weight is 530 g/mol. The van der Waals surface area contributed by atoms with Crippen molar-refractivity contribution in [1.82, 2.24) is 25.8 Å². The Balaban J connectivity index is 1.59. The van der Waals surface area contributed by atoms with Gasteiger partial charge in [-0.15, -0.1) is 0 Å². The lowest BCUT2D eigenvalue weighted by Gasteiger charge is -2.34. The number of carboxylic acid groups (broad SMARTS) is 1. The number of nitrogens with one attached hydrogen (secondary N) is 3. The molecule has 2 fully saturated rings. The Bertz CT molecular complexity index is 937. The van der Waals surface area contributed by atoms with Crippen molar-refractivity contribution in [3.8, 4) is 0 Å². The third kappa shape index (κ3) is 9.01. The van der Waals surface area contributed by atoms with Crippen molar-refractivity contribution < 1.29 is 24.3 Å². The van der Waals surface area contributed by atoms with E-state index in [1.165, 1.54) is 0 Å². The molecule has 1 saturated heterocycles. The van der Waals surface area contributed by atoms with E-state index in [2.05, 4.69) is 20.9 Å². The molecule has 1 aliphatic heterocycles. The third-order valence-electron chi connectivity index (χ3n) is 7.63. The molecular weight excluding hydrogens is 486 g/mol. The fraction of sp³-hybridized carbons (Fsp3) is 0.643. The second-order valence-electron chi connectivity index (χ2n) is 10.5. The number of hydrogen-bond donors (Lipinski definition) is 4. The Morgan fingerprint density at radius 3 is 2.11 bits per heavy atom. The van der Waals surface area contributed by atoms with Gasteiger partial charge in [0.05, 0.1) is 0 Å². The average Bonchev–Trinajstić information content (AvgIpc) is 3.20. The second-order valence-corrected chi connectivity index (χ2v) is 10.5. The van der Waals surface area contributed by atoms with Crippen molar-refractivity contribution in [3.63, 3.8) is 0 Å². The number of carbonyl (C=O) groups excluding carboxylic acids is 3. The van der Waals surface area contributed by atoms with Crippen molar-refractivity contribution in [2.24, 2.45) is 5.92 Å². The van der Waals surface area contributed by atoms with Gasteiger partial charge in [0, 0.05) is 45.6 Å². The molecule has 38 heavy (non-hydrogen) atoms. The molecule has 2 aliphatic rings. The predicted molar refractivity (Wildman–Crippen MR) is 144 cm³/mol. The van der Waals surface area contributed by atoms with Gasteiger partial charge >= 0.3 is 6.09 Å². The SMILES string of the molecule is CCC(=O)N[C@H](Cc1ccc(CNC(=O)[C@@H](NC(=O)O)C2CCCCCC2)cc1)C(=O)N1CCN(C)CC1. The first-order valence-corrected chi connectivity index (χ1v) is 13.9. The van der Waals surface area contributed by atoms with Crippen molar-refractivity contribution in [2.45, 2.75) is 76.9 Å². The highest BCUT2D eigenvalue weighted by atomic mass is 16.4. The molecule has 2 atom stereocenters. The summed E-state index contributed by atoms with van der Waals surface area (Å²) in [5.41, 5.74) is 1.78. The van der Waals surface area contributed by atoms with E-state index in [9.17, 15) is 24.3 Å². The van der Waals surface area contributed by atoms with Gasteiger partial charge in [-0.25, -0.2) is 4.79 Å².